The molecule has 5 nitrogen and oxygen atoms in total. The van der Waals surface area contributed by atoms with E-state index in [1.165, 1.54) is 0 Å². The molecule has 0 spiro atoms. The van der Waals surface area contributed by atoms with Crippen molar-refractivity contribution in [3.8, 4) is 0 Å². The molecule has 0 radical (unpaired) electrons. The minimum Gasteiger partial charge on any atom is -0.399 e. The third-order valence-corrected chi connectivity index (χ3v) is 3.48. The molecule has 1 saturated heterocycles. The summed E-state index contributed by atoms with van der Waals surface area (Å²) in [5.41, 5.74) is 12.5. The number of primary amides is 1. The summed E-state index contributed by atoms with van der Waals surface area (Å²) in [6.07, 6.45) is 1.92. The summed E-state index contributed by atoms with van der Waals surface area (Å²) in [5.74, 6) is -0.503. The van der Waals surface area contributed by atoms with E-state index in [4.69, 9.17) is 11.5 Å². The molecule has 4 N–H and O–H groups in total. The second-order valence-corrected chi connectivity index (χ2v) is 5.00. The Hall–Kier alpha value is -2.04. The minimum absolute atomic E-state index is 0.0246. The van der Waals surface area contributed by atoms with E-state index in [0.717, 1.165) is 18.4 Å². The van der Waals surface area contributed by atoms with Crippen LogP contribution in [-0.2, 0) is 16.0 Å². The number of likely N-dealkylation sites (tertiary alicyclic amines) is 1. The first-order valence-corrected chi connectivity index (χ1v) is 6.48. The third kappa shape index (κ3) is 3.47. The lowest BCUT2D eigenvalue weighted by Gasteiger charge is -2.31. The van der Waals surface area contributed by atoms with E-state index < -0.39 is 0 Å². The molecule has 102 valence electrons. The van der Waals surface area contributed by atoms with Gasteiger partial charge in [-0.3, -0.25) is 9.59 Å². The van der Waals surface area contributed by atoms with Gasteiger partial charge in [0.25, 0.3) is 0 Å². The Kier molecular flexibility index (Phi) is 4.04. The number of hydrogen-bond acceptors (Lipinski definition) is 3. The summed E-state index contributed by atoms with van der Waals surface area (Å²) in [6.45, 7) is 1.14. The Morgan fingerprint density at radius 1 is 1.37 bits per heavy atom. The largest absolute Gasteiger partial charge is 0.399 e. The maximum Gasteiger partial charge on any atom is 0.227 e. The van der Waals surface area contributed by atoms with Crippen molar-refractivity contribution in [2.45, 2.75) is 19.3 Å². The monoisotopic (exact) mass is 261 g/mol. The summed E-state index contributed by atoms with van der Waals surface area (Å²) in [4.78, 5) is 25.1. The van der Waals surface area contributed by atoms with Crippen molar-refractivity contribution in [1.29, 1.82) is 0 Å². The zero-order chi connectivity index (χ0) is 13.8. The van der Waals surface area contributed by atoms with E-state index >= 15 is 0 Å². The van der Waals surface area contributed by atoms with E-state index in [1.807, 2.05) is 12.1 Å². The van der Waals surface area contributed by atoms with E-state index in [0.29, 0.717) is 25.2 Å². The number of nitrogens with zero attached hydrogens (tertiary/aromatic N) is 1. The van der Waals surface area contributed by atoms with Crippen LogP contribution in [0.15, 0.2) is 24.3 Å². The highest BCUT2D eigenvalue weighted by Gasteiger charge is 2.26. The molecule has 0 aliphatic carbocycles. The molecule has 2 rings (SSSR count). The highest BCUT2D eigenvalue weighted by molar-refractivity contribution is 5.81. The lowest BCUT2D eigenvalue weighted by molar-refractivity contribution is -0.134. The van der Waals surface area contributed by atoms with Crippen molar-refractivity contribution < 1.29 is 9.59 Å². The van der Waals surface area contributed by atoms with Gasteiger partial charge in [0, 0.05) is 18.8 Å². The average molecular weight is 261 g/mol. The van der Waals surface area contributed by atoms with Crippen LogP contribution in [0.4, 0.5) is 5.69 Å². The van der Waals surface area contributed by atoms with E-state index in [2.05, 4.69) is 0 Å². The van der Waals surface area contributed by atoms with Gasteiger partial charge in [0.2, 0.25) is 11.8 Å². The van der Waals surface area contributed by atoms with Gasteiger partial charge in [0.05, 0.1) is 12.3 Å². The van der Waals surface area contributed by atoms with Crippen LogP contribution in [0.5, 0.6) is 0 Å². The summed E-state index contributed by atoms with van der Waals surface area (Å²) in [5, 5.41) is 0. The molecule has 1 atom stereocenters. The van der Waals surface area contributed by atoms with Gasteiger partial charge in [-0.15, -0.1) is 0 Å². The Morgan fingerprint density at radius 2 is 2.16 bits per heavy atom. The maximum atomic E-state index is 12.2. The van der Waals surface area contributed by atoms with Crippen LogP contribution in [0.2, 0.25) is 0 Å². The quantitative estimate of drug-likeness (QED) is 0.778. The van der Waals surface area contributed by atoms with Crippen LogP contribution in [-0.4, -0.2) is 29.8 Å². The van der Waals surface area contributed by atoms with Gasteiger partial charge in [-0.25, -0.2) is 0 Å². The highest BCUT2D eigenvalue weighted by Crippen LogP contribution is 2.17. The molecular weight excluding hydrogens is 242 g/mol. The topological polar surface area (TPSA) is 89.4 Å². The summed E-state index contributed by atoms with van der Waals surface area (Å²) in [7, 11) is 0. The van der Waals surface area contributed by atoms with Crippen LogP contribution >= 0.6 is 0 Å². The van der Waals surface area contributed by atoms with Gasteiger partial charge < -0.3 is 16.4 Å². The first-order chi connectivity index (χ1) is 9.06. The fourth-order valence-electron chi connectivity index (χ4n) is 2.43. The molecule has 5 heteroatoms. The first kappa shape index (κ1) is 13.4. The van der Waals surface area contributed by atoms with Gasteiger partial charge >= 0.3 is 0 Å². The van der Waals surface area contributed by atoms with Gasteiger partial charge in [-0.05, 0) is 30.5 Å². The van der Waals surface area contributed by atoms with Crippen molar-refractivity contribution in [2.24, 2.45) is 11.7 Å². The highest BCUT2D eigenvalue weighted by atomic mass is 16.2. The SMILES string of the molecule is NC(=O)C1CCCN(C(=O)Cc2cccc(N)c2)C1. The molecule has 1 aromatic rings. The average Bonchev–Trinajstić information content (AvgIpc) is 2.39. The van der Waals surface area contributed by atoms with Crippen molar-refractivity contribution >= 4 is 17.5 Å². The second-order valence-electron chi connectivity index (χ2n) is 5.00. The number of nitrogens with two attached hydrogens (primary N) is 2. The molecule has 0 saturated carbocycles. The zero-order valence-corrected chi connectivity index (χ0v) is 10.8. The molecule has 1 heterocycles. The van der Waals surface area contributed by atoms with Gasteiger partial charge in [-0.1, -0.05) is 12.1 Å². The van der Waals surface area contributed by atoms with Gasteiger partial charge in [-0.2, -0.15) is 0 Å². The molecule has 19 heavy (non-hydrogen) atoms. The number of rotatable bonds is 3. The fourth-order valence-corrected chi connectivity index (χ4v) is 2.43. The number of anilines is 1. The van der Waals surface area contributed by atoms with Crippen LogP contribution in [0.25, 0.3) is 0 Å². The van der Waals surface area contributed by atoms with E-state index in [-0.39, 0.29) is 17.7 Å². The molecule has 1 fully saturated rings. The summed E-state index contributed by atoms with van der Waals surface area (Å²) in [6, 6.07) is 7.30. The molecule has 1 aromatic carbocycles. The number of hydrogen-bond donors (Lipinski definition) is 2. The number of carbonyl (C=O) groups excluding carboxylic acids is 2. The molecular formula is C14H19N3O2. The van der Waals surface area contributed by atoms with Crippen LogP contribution in [0.3, 0.4) is 0 Å². The summed E-state index contributed by atoms with van der Waals surface area (Å²) < 4.78 is 0. The molecule has 1 aliphatic rings. The number of benzene rings is 1. The zero-order valence-electron chi connectivity index (χ0n) is 10.8. The molecule has 0 aromatic heterocycles. The van der Waals surface area contributed by atoms with Gasteiger partial charge in [0.15, 0.2) is 0 Å². The Bertz CT molecular complexity index is 487. The Balaban J connectivity index is 1.98. The fraction of sp³-hybridized carbons (Fsp3) is 0.429. The minimum atomic E-state index is -0.318. The van der Waals surface area contributed by atoms with Crippen LogP contribution < -0.4 is 11.5 Å². The summed E-state index contributed by atoms with van der Waals surface area (Å²) >= 11 is 0. The van der Waals surface area contributed by atoms with Crippen molar-refractivity contribution in [3.63, 3.8) is 0 Å². The molecule has 1 aliphatic heterocycles. The van der Waals surface area contributed by atoms with Crippen LogP contribution in [0, 0.1) is 5.92 Å². The molecule has 0 bridgehead atoms. The van der Waals surface area contributed by atoms with Crippen molar-refractivity contribution in [1.82, 2.24) is 4.90 Å². The number of piperidine rings is 1. The van der Waals surface area contributed by atoms with Crippen molar-refractivity contribution in [2.75, 3.05) is 18.8 Å². The predicted molar refractivity (Wildman–Crippen MR) is 73.1 cm³/mol. The first-order valence-electron chi connectivity index (χ1n) is 6.48. The smallest absolute Gasteiger partial charge is 0.227 e. The molecule has 2 amide bonds. The van der Waals surface area contributed by atoms with E-state index in [9.17, 15) is 9.59 Å². The van der Waals surface area contributed by atoms with Crippen LogP contribution in [0.1, 0.15) is 18.4 Å². The Morgan fingerprint density at radius 3 is 2.84 bits per heavy atom. The number of amides is 2. The second kappa shape index (κ2) is 5.73. The maximum absolute atomic E-state index is 12.2. The normalized spacial score (nSPS) is 19.2. The predicted octanol–water partition coefficient (Wildman–Crippen LogP) is 0.535. The third-order valence-electron chi connectivity index (χ3n) is 3.48. The molecule has 1 unspecified atom stereocenters. The lowest BCUT2D eigenvalue weighted by Crippen LogP contribution is -2.44. The number of nitrogen functional groups attached to an aromatic ring is 1. The standard InChI is InChI=1S/C14H19N3O2/c15-12-5-1-3-10(7-12)8-13(18)17-6-2-4-11(9-17)14(16)19/h1,3,5,7,11H,2,4,6,8-9,15H2,(H2,16,19). The number of carbonyl (C=O) groups is 2. The van der Waals surface area contributed by atoms with Gasteiger partial charge in [0.1, 0.15) is 0 Å². The Labute approximate surface area is 112 Å². The van der Waals surface area contributed by atoms with Crippen molar-refractivity contribution in [3.05, 3.63) is 29.8 Å². The lowest BCUT2D eigenvalue weighted by atomic mass is 9.97. The van der Waals surface area contributed by atoms with E-state index in [1.54, 1.807) is 17.0 Å².